The van der Waals surface area contributed by atoms with Gasteiger partial charge in [-0.2, -0.15) is 0 Å². The van der Waals surface area contributed by atoms with Gasteiger partial charge in [0.25, 0.3) is 5.69 Å². The van der Waals surface area contributed by atoms with E-state index in [2.05, 4.69) is 4.90 Å². The van der Waals surface area contributed by atoms with Gasteiger partial charge >= 0.3 is 0 Å². The third-order valence-corrected chi connectivity index (χ3v) is 4.90. The molecular weight excluding hydrogens is 272 g/mol. The molecule has 4 atom stereocenters. The van der Waals surface area contributed by atoms with Crippen molar-refractivity contribution < 1.29 is 14.8 Å². The second kappa shape index (κ2) is 5.20. The van der Waals surface area contributed by atoms with Gasteiger partial charge < -0.3 is 5.11 Å². The molecular formula is C15H18N2O4. The van der Waals surface area contributed by atoms with Crippen LogP contribution in [0.5, 0.6) is 0 Å². The van der Waals surface area contributed by atoms with Crippen molar-refractivity contribution in [3.05, 3.63) is 39.9 Å². The molecule has 2 aliphatic rings. The average Bonchev–Trinajstić information content (AvgIpc) is 2.71. The van der Waals surface area contributed by atoms with Gasteiger partial charge in [0, 0.05) is 30.6 Å². The predicted molar refractivity (Wildman–Crippen MR) is 75.7 cm³/mol. The highest BCUT2D eigenvalue weighted by molar-refractivity contribution is 5.84. The van der Waals surface area contributed by atoms with Crippen molar-refractivity contribution in [2.24, 2.45) is 5.92 Å². The summed E-state index contributed by atoms with van der Waals surface area (Å²) >= 11 is 0. The summed E-state index contributed by atoms with van der Waals surface area (Å²) in [5.41, 5.74) is 0.552. The van der Waals surface area contributed by atoms with Crippen molar-refractivity contribution in [3.8, 4) is 0 Å². The number of nitro benzene ring substituents is 1. The van der Waals surface area contributed by atoms with E-state index < -0.39 is 16.9 Å². The molecule has 1 N–H and O–H groups in total. The number of aliphatic hydroxyl groups is 1. The molecule has 0 radical (unpaired) electrons. The maximum absolute atomic E-state index is 12.3. The predicted octanol–water partition coefficient (Wildman–Crippen LogP) is 1.68. The molecule has 3 rings (SSSR count). The van der Waals surface area contributed by atoms with Gasteiger partial charge in [-0.25, -0.2) is 0 Å². The maximum Gasteiger partial charge on any atom is 0.269 e. The quantitative estimate of drug-likeness (QED) is 0.676. The summed E-state index contributed by atoms with van der Waals surface area (Å²) in [4.78, 5) is 24.7. The summed E-state index contributed by atoms with van der Waals surface area (Å²) in [5, 5.41) is 21.2. The van der Waals surface area contributed by atoms with E-state index in [1.54, 1.807) is 0 Å². The second-order valence-corrected chi connectivity index (χ2v) is 5.95. The van der Waals surface area contributed by atoms with Gasteiger partial charge in [-0.05, 0) is 37.6 Å². The third kappa shape index (κ3) is 2.34. The number of nitro groups is 1. The van der Waals surface area contributed by atoms with Crippen LogP contribution in [-0.4, -0.2) is 39.8 Å². The monoisotopic (exact) mass is 290 g/mol. The number of hydrogen-bond acceptors (Lipinski definition) is 5. The van der Waals surface area contributed by atoms with Crippen LogP contribution >= 0.6 is 0 Å². The number of ketones is 1. The highest BCUT2D eigenvalue weighted by Gasteiger charge is 2.47. The maximum atomic E-state index is 12.3. The van der Waals surface area contributed by atoms with E-state index in [4.69, 9.17) is 0 Å². The number of aliphatic hydroxyl groups excluding tert-OH is 1. The standard InChI is InChI=1S/C15H18N2O4/c1-16-11-6-7-12(16)14(13(18)8-11)15(19)9-2-4-10(5-3-9)17(20)21/h2-5,11-12,14-15,19H,6-8H2,1H3/t11-,12+,14+,15?/m1/s1. The Morgan fingerprint density at radius 1 is 1.33 bits per heavy atom. The first kappa shape index (κ1) is 14.2. The molecule has 0 saturated carbocycles. The molecule has 2 aliphatic heterocycles. The molecule has 1 unspecified atom stereocenters. The third-order valence-electron chi connectivity index (χ3n) is 4.90. The molecule has 0 amide bonds. The largest absolute Gasteiger partial charge is 0.388 e. The van der Waals surface area contributed by atoms with Crippen LogP contribution in [-0.2, 0) is 4.79 Å². The molecule has 2 fully saturated rings. The number of carbonyl (C=O) groups excluding carboxylic acids is 1. The van der Waals surface area contributed by atoms with Crippen molar-refractivity contribution in [1.29, 1.82) is 0 Å². The Labute approximate surface area is 122 Å². The Hall–Kier alpha value is -1.79. The van der Waals surface area contributed by atoms with Gasteiger partial charge in [0.05, 0.1) is 16.9 Å². The zero-order chi connectivity index (χ0) is 15.1. The lowest BCUT2D eigenvalue weighted by molar-refractivity contribution is -0.384. The zero-order valence-corrected chi connectivity index (χ0v) is 11.8. The van der Waals surface area contributed by atoms with Crippen LogP contribution in [0.15, 0.2) is 24.3 Å². The molecule has 0 aliphatic carbocycles. The average molecular weight is 290 g/mol. The number of nitrogens with zero attached hydrogens (tertiary/aromatic N) is 2. The topological polar surface area (TPSA) is 83.7 Å². The first-order valence-electron chi connectivity index (χ1n) is 7.16. The van der Waals surface area contributed by atoms with Crippen molar-refractivity contribution >= 4 is 11.5 Å². The number of rotatable bonds is 3. The molecule has 2 heterocycles. The summed E-state index contributed by atoms with van der Waals surface area (Å²) in [6.07, 6.45) is 1.50. The fraction of sp³-hybridized carbons (Fsp3) is 0.533. The number of piperidine rings is 1. The summed E-state index contributed by atoms with van der Waals surface area (Å²) in [6.45, 7) is 0. The van der Waals surface area contributed by atoms with Crippen molar-refractivity contribution in [2.75, 3.05) is 7.05 Å². The number of hydrogen-bond donors (Lipinski definition) is 1. The van der Waals surface area contributed by atoms with E-state index in [9.17, 15) is 20.0 Å². The minimum absolute atomic E-state index is 0.0148. The molecule has 21 heavy (non-hydrogen) atoms. The number of carbonyl (C=O) groups is 1. The molecule has 0 aromatic heterocycles. The van der Waals surface area contributed by atoms with Crippen LogP contribution in [0.2, 0.25) is 0 Å². The van der Waals surface area contributed by atoms with Crippen LogP contribution < -0.4 is 0 Å². The van der Waals surface area contributed by atoms with Gasteiger partial charge in [-0.1, -0.05) is 0 Å². The number of benzene rings is 1. The van der Waals surface area contributed by atoms with E-state index in [1.165, 1.54) is 24.3 Å². The van der Waals surface area contributed by atoms with Crippen molar-refractivity contribution in [2.45, 2.75) is 37.5 Å². The lowest BCUT2D eigenvalue weighted by atomic mass is 9.82. The van der Waals surface area contributed by atoms with Crippen LogP contribution in [0.3, 0.4) is 0 Å². The molecule has 2 saturated heterocycles. The number of non-ortho nitro benzene ring substituents is 1. The summed E-state index contributed by atoms with van der Waals surface area (Å²) in [6, 6.07) is 6.19. The first-order chi connectivity index (χ1) is 9.99. The van der Waals surface area contributed by atoms with Gasteiger partial charge in [-0.3, -0.25) is 19.8 Å². The molecule has 2 bridgehead atoms. The van der Waals surface area contributed by atoms with Gasteiger partial charge in [0.1, 0.15) is 5.78 Å². The highest BCUT2D eigenvalue weighted by Crippen LogP contribution is 2.41. The van der Waals surface area contributed by atoms with E-state index in [0.717, 1.165) is 12.8 Å². The lowest BCUT2D eigenvalue weighted by Gasteiger charge is -2.38. The Kier molecular flexibility index (Phi) is 3.51. The zero-order valence-electron chi connectivity index (χ0n) is 11.8. The SMILES string of the molecule is CN1[C@@H]2CC[C@H]1[C@H](C(O)c1ccc([N+](=O)[O-])cc1)C(=O)C2. The van der Waals surface area contributed by atoms with Gasteiger partial charge in [-0.15, -0.1) is 0 Å². The molecule has 1 aromatic carbocycles. The van der Waals surface area contributed by atoms with Crippen molar-refractivity contribution in [1.82, 2.24) is 4.90 Å². The minimum atomic E-state index is -0.898. The number of Topliss-reactive ketones (excluding diaryl/α,β-unsaturated/α-hetero) is 1. The highest BCUT2D eigenvalue weighted by atomic mass is 16.6. The van der Waals surface area contributed by atoms with Crippen LogP contribution in [0, 0.1) is 16.0 Å². The van der Waals surface area contributed by atoms with E-state index >= 15 is 0 Å². The minimum Gasteiger partial charge on any atom is -0.388 e. The Morgan fingerprint density at radius 2 is 2.00 bits per heavy atom. The Bertz CT molecular complexity index is 572. The first-order valence-corrected chi connectivity index (χ1v) is 7.16. The molecule has 6 nitrogen and oxygen atoms in total. The van der Waals surface area contributed by atoms with E-state index in [1.807, 2.05) is 7.05 Å². The van der Waals surface area contributed by atoms with Crippen molar-refractivity contribution in [3.63, 3.8) is 0 Å². The van der Waals surface area contributed by atoms with E-state index in [-0.39, 0.29) is 17.5 Å². The Balaban J connectivity index is 1.85. The summed E-state index contributed by atoms with van der Waals surface area (Å²) < 4.78 is 0. The van der Waals surface area contributed by atoms with Crippen LogP contribution in [0.1, 0.15) is 30.9 Å². The van der Waals surface area contributed by atoms with E-state index in [0.29, 0.717) is 18.0 Å². The molecule has 6 heteroatoms. The van der Waals surface area contributed by atoms with Gasteiger partial charge in [0.2, 0.25) is 0 Å². The Morgan fingerprint density at radius 3 is 2.62 bits per heavy atom. The summed E-state index contributed by atoms with van der Waals surface area (Å²) in [5.74, 6) is -0.332. The normalized spacial score (nSPS) is 30.4. The molecule has 0 spiro atoms. The fourth-order valence-electron chi connectivity index (χ4n) is 3.69. The molecule has 1 aromatic rings. The summed E-state index contributed by atoms with van der Waals surface area (Å²) in [7, 11) is 2.00. The van der Waals surface area contributed by atoms with Crippen LogP contribution in [0.4, 0.5) is 5.69 Å². The lowest BCUT2D eigenvalue weighted by Crippen LogP contribution is -2.49. The smallest absolute Gasteiger partial charge is 0.269 e. The molecule has 112 valence electrons. The van der Waals surface area contributed by atoms with Crippen LogP contribution in [0.25, 0.3) is 0 Å². The second-order valence-electron chi connectivity index (χ2n) is 5.95. The fourth-order valence-corrected chi connectivity index (χ4v) is 3.69. The number of fused-ring (bicyclic) bond motifs is 2. The van der Waals surface area contributed by atoms with Gasteiger partial charge in [0.15, 0.2) is 0 Å².